The first kappa shape index (κ1) is 14.1. The molecule has 4 atom stereocenters. The van der Waals surface area contributed by atoms with Gasteiger partial charge in [-0.1, -0.05) is 6.08 Å². The van der Waals surface area contributed by atoms with Crippen molar-refractivity contribution in [3.05, 3.63) is 12.7 Å². The van der Waals surface area contributed by atoms with Crippen LogP contribution in [-0.4, -0.2) is 35.2 Å². The van der Waals surface area contributed by atoms with Gasteiger partial charge in [0.25, 0.3) is 0 Å². The van der Waals surface area contributed by atoms with Crippen LogP contribution in [0.2, 0.25) is 0 Å². The molecular formula is C14H21NO4. The standard InChI is InChI=1S/C14H21NO4/c1-3-10-8-14(10,13(18)19-4-2)15-12(17)9-5-6-11(16)7-9/h3,9-11,16H,1,4-8H2,2H3,(H,15,17)/t9-,10-,11-,14-/m0/s1. The number of carbonyl (C=O) groups is 2. The molecule has 0 unspecified atom stereocenters. The van der Waals surface area contributed by atoms with Crippen molar-refractivity contribution in [2.24, 2.45) is 11.8 Å². The molecule has 2 saturated carbocycles. The van der Waals surface area contributed by atoms with Gasteiger partial charge in [0.2, 0.25) is 5.91 Å². The molecule has 19 heavy (non-hydrogen) atoms. The number of aliphatic hydroxyl groups is 1. The fourth-order valence-electron chi connectivity index (χ4n) is 2.78. The van der Waals surface area contributed by atoms with Crippen LogP contribution < -0.4 is 5.32 Å². The van der Waals surface area contributed by atoms with Gasteiger partial charge in [0.15, 0.2) is 0 Å². The fourth-order valence-corrected chi connectivity index (χ4v) is 2.78. The highest BCUT2D eigenvalue weighted by atomic mass is 16.5. The summed E-state index contributed by atoms with van der Waals surface area (Å²) in [4.78, 5) is 24.1. The normalized spacial score (nSPS) is 36.6. The van der Waals surface area contributed by atoms with Crippen LogP contribution in [0.5, 0.6) is 0 Å². The summed E-state index contributed by atoms with van der Waals surface area (Å²) >= 11 is 0. The molecule has 5 nitrogen and oxygen atoms in total. The van der Waals surface area contributed by atoms with E-state index < -0.39 is 11.6 Å². The largest absolute Gasteiger partial charge is 0.464 e. The van der Waals surface area contributed by atoms with E-state index in [1.54, 1.807) is 13.0 Å². The predicted octanol–water partition coefficient (Wildman–Crippen LogP) is 0.771. The number of esters is 1. The van der Waals surface area contributed by atoms with E-state index in [2.05, 4.69) is 11.9 Å². The smallest absolute Gasteiger partial charge is 0.332 e. The van der Waals surface area contributed by atoms with Crippen LogP contribution in [0.15, 0.2) is 12.7 Å². The molecule has 2 N–H and O–H groups in total. The van der Waals surface area contributed by atoms with E-state index >= 15 is 0 Å². The van der Waals surface area contributed by atoms with Gasteiger partial charge in [0, 0.05) is 11.8 Å². The monoisotopic (exact) mass is 267 g/mol. The minimum absolute atomic E-state index is 0.0539. The highest BCUT2D eigenvalue weighted by molar-refractivity contribution is 5.92. The van der Waals surface area contributed by atoms with Crippen LogP contribution in [0, 0.1) is 11.8 Å². The summed E-state index contributed by atoms with van der Waals surface area (Å²) in [5.74, 6) is -0.796. The molecule has 0 aliphatic heterocycles. The average molecular weight is 267 g/mol. The van der Waals surface area contributed by atoms with E-state index in [1.165, 1.54) is 0 Å². The lowest BCUT2D eigenvalue weighted by Crippen LogP contribution is -2.47. The second-order valence-electron chi connectivity index (χ2n) is 5.39. The van der Waals surface area contributed by atoms with Crippen LogP contribution >= 0.6 is 0 Å². The first-order valence-corrected chi connectivity index (χ1v) is 6.83. The van der Waals surface area contributed by atoms with E-state index in [1.807, 2.05) is 0 Å². The molecule has 0 aromatic rings. The zero-order valence-electron chi connectivity index (χ0n) is 11.2. The molecule has 0 radical (unpaired) electrons. The Hall–Kier alpha value is -1.36. The van der Waals surface area contributed by atoms with Gasteiger partial charge in [-0.15, -0.1) is 6.58 Å². The summed E-state index contributed by atoms with van der Waals surface area (Å²) < 4.78 is 5.04. The molecule has 2 rings (SSSR count). The molecule has 0 spiro atoms. The van der Waals surface area contributed by atoms with E-state index in [0.717, 1.165) is 0 Å². The van der Waals surface area contributed by atoms with Gasteiger partial charge in [-0.3, -0.25) is 4.79 Å². The van der Waals surface area contributed by atoms with Crippen molar-refractivity contribution in [1.29, 1.82) is 0 Å². The Morgan fingerprint density at radius 1 is 1.53 bits per heavy atom. The average Bonchev–Trinajstić information content (AvgIpc) is 2.92. The molecule has 0 heterocycles. The Kier molecular flexibility index (Phi) is 3.94. The number of aliphatic hydroxyl groups excluding tert-OH is 1. The maximum absolute atomic E-state index is 12.2. The van der Waals surface area contributed by atoms with Crippen LogP contribution in [0.4, 0.5) is 0 Å². The number of ether oxygens (including phenoxy) is 1. The van der Waals surface area contributed by atoms with Gasteiger partial charge in [-0.25, -0.2) is 4.79 Å². The topological polar surface area (TPSA) is 75.6 Å². The van der Waals surface area contributed by atoms with E-state index in [4.69, 9.17) is 4.74 Å². The van der Waals surface area contributed by atoms with Crippen molar-refractivity contribution in [1.82, 2.24) is 5.32 Å². The van der Waals surface area contributed by atoms with Crippen molar-refractivity contribution in [3.8, 4) is 0 Å². The quantitative estimate of drug-likeness (QED) is 0.570. The van der Waals surface area contributed by atoms with Gasteiger partial charge in [-0.05, 0) is 32.6 Å². The van der Waals surface area contributed by atoms with Gasteiger partial charge in [-0.2, -0.15) is 0 Å². The zero-order valence-corrected chi connectivity index (χ0v) is 11.2. The minimum atomic E-state index is -0.914. The van der Waals surface area contributed by atoms with Crippen LogP contribution in [0.25, 0.3) is 0 Å². The second kappa shape index (κ2) is 5.33. The third-order valence-electron chi connectivity index (χ3n) is 4.06. The number of carbonyl (C=O) groups excluding carboxylic acids is 2. The molecule has 0 aromatic carbocycles. The third-order valence-corrected chi connectivity index (χ3v) is 4.06. The number of amides is 1. The van der Waals surface area contributed by atoms with Crippen molar-refractivity contribution < 1.29 is 19.4 Å². The van der Waals surface area contributed by atoms with Gasteiger partial charge < -0.3 is 15.2 Å². The van der Waals surface area contributed by atoms with E-state index in [9.17, 15) is 14.7 Å². The lowest BCUT2D eigenvalue weighted by Gasteiger charge is -2.19. The summed E-state index contributed by atoms with van der Waals surface area (Å²) in [5, 5.41) is 12.3. The lowest BCUT2D eigenvalue weighted by molar-refractivity contribution is -0.149. The summed E-state index contributed by atoms with van der Waals surface area (Å²) in [5.41, 5.74) is -0.914. The lowest BCUT2D eigenvalue weighted by atomic mass is 10.1. The number of hydrogen-bond acceptors (Lipinski definition) is 4. The molecule has 0 saturated heterocycles. The molecular weight excluding hydrogens is 246 g/mol. The molecule has 1 amide bonds. The molecule has 5 heteroatoms. The Balaban J connectivity index is 2.00. The first-order chi connectivity index (χ1) is 9.03. The Morgan fingerprint density at radius 2 is 2.26 bits per heavy atom. The fraction of sp³-hybridized carbons (Fsp3) is 0.714. The number of hydrogen-bond donors (Lipinski definition) is 2. The molecule has 2 aliphatic rings. The predicted molar refractivity (Wildman–Crippen MR) is 69.2 cm³/mol. The second-order valence-corrected chi connectivity index (χ2v) is 5.39. The summed E-state index contributed by atoms with van der Waals surface area (Å²) in [6.07, 6.45) is 3.63. The van der Waals surface area contributed by atoms with Crippen molar-refractivity contribution in [2.75, 3.05) is 6.61 Å². The maximum atomic E-state index is 12.2. The SMILES string of the molecule is C=C[C@H]1C[C@@]1(NC(=O)[C@H]1CC[C@H](O)C1)C(=O)OCC. The van der Waals surface area contributed by atoms with Crippen molar-refractivity contribution >= 4 is 11.9 Å². The molecule has 0 aromatic heterocycles. The van der Waals surface area contributed by atoms with E-state index in [0.29, 0.717) is 32.3 Å². The maximum Gasteiger partial charge on any atom is 0.332 e. The summed E-state index contributed by atoms with van der Waals surface area (Å²) in [6.45, 7) is 5.71. The highest BCUT2D eigenvalue weighted by Crippen LogP contribution is 2.46. The molecule has 2 fully saturated rings. The summed E-state index contributed by atoms with van der Waals surface area (Å²) in [6, 6.07) is 0. The minimum Gasteiger partial charge on any atom is -0.464 e. The van der Waals surface area contributed by atoms with Gasteiger partial charge >= 0.3 is 5.97 Å². The van der Waals surface area contributed by atoms with Gasteiger partial charge in [0.1, 0.15) is 5.54 Å². The Bertz CT molecular complexity index is 395. The molecule has 106 valence electrons. The zero-order chi connectivity index (χ0) is 14.0. The Labute approximate surface area is 113 Å². The van der Waals surface area contributed by atoms with Crippen molar-refractivity contribution in [2.45, 2.75) is 44.2 Å². The summed E-state index contributed by atoms with van der Waals surface area (Å²) in [7, 11) is 0. The Morgan fingerprint density at radius 3 is 2.74 bits per heavy atom. The van der Waals surface area contributed by atoms with Crippen LogP contribution in [0.3, 0.4) is 0 Å². The van der Waals surface area contributed by atoms with Gasteiger partial charge in [0.05, 0.1) is 12.7 Å². The molecule has 2 aliphatic carbocycles. The molecule has 0 bridgehead atoms. The number of rotatable bonds is 5. The van der Waals surface area contributed by atoms with Crippen LogP contribution in [-0.2, 0) is 14.3 Å². The van der Waals surface area contributed by atoms with Crippen LogP contribution in [0.1, 0.15) is 32.6 Å². The van der Waals surface area contributed by atoms with Crippen molar-refractivity contribution in [3.63, 3.8) is 0 Å². The number of nitrogens with one attached hydrogen (secondary N) is 1. The highest BCUT2D eigenvalue weighted by Gasteiger charge is 2.61. The first-order valence-electron chi connectivity index (χ1n) is 6.83. The third kappa shape index (κ3) is 2.66. The van der Waals surface area contributed by atoms with E-state index in [-0.39, 0.29) is 23.7 Å².